The number of rotatable bonds is 7. The minimum absolute atomic E-state index is 0.183. The van der Waals surface area contributed by atoms with Gasteiger partial charge in [0, 0.05) is 6.07 Å². The Morgan fingerprint density at radius 3 is 2.43 bits per heavy atom. The predicted octanol–water partition coefficient (Wildman–Crippen LogP) is 0.779. The zero-order valence-electron chi connectivity index (χ0n) is 10.7. The summed E-state index contributed by atoms with van der Waals surface area (Å²) in [6.07, 6.45) is -0.521. The Morgan fingerprint density at radius 2 is 1.95 bits per heavy atom. The molecule has 1 aromatic rings. The first-order valence-electron chi connectivity index (χ1n) is 5.86. The molecule has 1 aromatic carbocycles. The summed E-state index contributed by atoms with van der Waals surface area (Å²) >= 11 is 0. The van der Waals surface area contributed by atoms with Crippen molar-refractivity contribution in [1.82, 2.24) is 0 Å². The fraction of sp³-hybridized carbons (Fsp3) is 0.333. The molecular formula is C12H13FN2O6. The van der Waals surface area contributed by atoms with Crippen LogP contribution in [0.4, 0.5) is 10.1 Å². The summed E-state index contributed by atoms with van der Waals surface area (Å²) in [5.41, 5.74) is 4.73. The number of hydrogen-bond acceptors (Lipinski definition) is 5. The van der Waals surface area contributed by atoms with Crippen molar-refractivity contribution >= 4 is 17.6 Å². The van der Waals surface area contributed by atoms with Gasteiger partial charge < -0.3 is 15.9 Å². The monoisotopic (exact) mass is 299 g/mol. The molecule has 114 valence electrons. The van der Waals surface area contributed by atoms with E-state index in [0.717, 1.165) is 12.1 Å². The molecule has 4 N–H and O–H groups in total. The van der Waals surface area contributed by atoms with Gasteiger partial charge in [0.15, 0.2) is 0 Å². The highest BCUT2D eigenvalue weighted by Crippen LogP contribution is 2.22. The summed E-state index contributed by atoms with van der Waals surface area (Å²) in [7, 11) is 0. The topological polar surface area (TPSA) is 144 Å². The third kappa shape index (κ3) is 4.49. The lowest BCUT2D eigenvalue weighted by Crippen LogP contribution is -2.35. The zero-order chi connectivity index (χ0) is 16.2. The lowest BCUT2D eigenvalue weighted by Gasteiger charge is -2.14. The molecule has 0 radical (unpaired) electrons. The fourth-order valence-electron chi connectivity index (χ4n) is 1.79. The van der Waals surface area contributed by atoms with Gasteiger partial charge in [-0.3, -0.25) is 19.7 Å². The van der Waals surface area contributed by atoms with Gasteiger partial charge in [-0.05, 0) is 24.5 Å². The molecule has 2 unspecified atom stereocenters. The third-order valence-corrected chi connectivity index (χ3v) is 2.89. The Kier molecular flexibility index (Phi) is 5.30. The smallest absolute Gasteiger partial charge is 0.320 e. The second-order valence-electron chi connectivity index (χ2n) is 4.46. The van der Waals surface area contributed by atoms with Gasteiger partial charge in [-0.25, -0.2) is 0 Å². The maximum Gasteiger partial charge on any atom is 0.320 e. The average Bonchev–Trinajstić information content (AvgIpc) is 2.39. The minimum Gasteiger partial charge on any atom is -0.481 e. The number of nitrogens with two attached hydrogens (primary N) is 1. The molecule has 8 nitrogen and oxygen atoms in total. The summed E-state index contributed by atoms with van der Waals surface area (Å²) in [6.45, 7) is 0. The van der Waals surface area contributed by atoms with Gasteiger partial charge in [0.1, 0.15) is 6.04 Å². The van der Waals surface area contributed by atoms with E-state index in [2.05, 4.69) is 0 Å². The number of nitro groups is 1. The van der Waals surface area contributed by atoms with Crippen molar-refractivity contribution < 1.29 is 29.1 Å². The van der Waals surface area contributed by atoms with E-state index in [1.165, 1.54) is 6.07 Å². The van der Waals surface area contributed by atoms with Crippen molar-refractivity contribution in [3.8, 4) is 0 Å². The average molecular weight is 299 g/mol. The zero-order valence-corrected chi connectivity index (χ0v) is 10.7. The Bertz CT molecular complexity index is 577. The van der Waals surface area contributed by atoms with Crippen LogP contribution < -0.4 is 5.73 Å². The molecule has 0 saturated carbocycles. The van der Waals surface area contributed by atoms with Crippen molar-refractivity contribution in [2.45, 2.75) is 18.9 Å². The normalized spacial score (nSPS) is 13.4. The lowest BCUT2D eigenvalue weighted by atomic mass is 9.93. The van der Waals surface area contributed by atoms with E-state index >= 15 is 0 Å². The van der Waals surface area contributed by atoms with Gasteiger partial charge in [-0.15, -0.1) is 0 Å². The number of hydrogen-bond donors (Lipinski definition) is 3. The molecule has 0 saturated heterocycles. The number of carboxylic acid groups (broad SMARTS) is 2. The summed E-state index contributed by atoms with van der Waals surface area (Å²) in [6, 6.07) is 1.65. The van der Waals surface area contributed by atoms with E-state index in [0.29, 0.717) is 0 Å². The first kappa shape index (κ1) is 16.5. The van der Waals surface area contributed by atoms with Gasteiger partial charge in [0.25, 0.3) is 0 Å². The molecule has 0 spiro atoms. The van der Waals surface area contributed by atoms with Crippen LogP contribution in [0.25, 0.3) is 0 Å². The Labute approximate surface area is 118 Å². The highest BCUT2D eigenvalue weighted by Gasteiger charge is 2.25. The van der Waals surface area contributed by atoms with Crippen LogP contribution in [0, 0.1) is 21.8 Å². The first-order valence-corrected chi connectivity index (χ1v) is 5.86. The van der Waals surface area contributed by atoms with Crippen LogP contribution in [0.1, 0.15) is 12.0 Å². The van der Waals surface area contributed by atoms with Gasteiger partial charge in [-0.2, -0.15) is 4.39 Å². The van der Waals surface area contributed by atoms with Crippen molar-refractivity contribution in [2.75, 3.05) is 0 Å². The minimum atomic E-state index is -1.36. The maximum absolute atomic E-state index is 13.2. The SMILES string of the molecule is NC(CC(Cc1ccc([18F])c([N+](=O)[O-])c1)C(=O)O)C(=O)O. The van der Waals surface area contributed by atoms with Crippen LogP contribution in [0.3, 0.4) is 0 Å². The standard InChI is InChI=1S/C12H13FN2O6/c13-8-2-1-6(4-10(8)15(20)21)3-7(11(16)17)5-9(14)12(18)19/h1-2,4,7,9H,3,5,14H2,(H,16,17)(H,18,19)/i13-1. The van der Waals surface area contributed by atoms with Gasteiger partial charge in [0.05, 0.1) is 10.8 Å². The molecule has 0 bridgehead atoms. The molecule has 1 rings (SSSR count). The molecule has 2 atom stereocenters. The van der Waals surface area contributed by atoms with Crippen molar-refractivity contribution in [3.05, 3.63) is 39.7 Å². The summed E-state index contributed by atoms with van der Waals surface area (Å²) in [5, 5.41) is 28.3. The number of halogens is 1. The van der Waals surface area contributed by atoms with Gasteiger partial charge >= 0.3 is 17.6 Å². The van der Waals surface area contributed by atoms with Crippen LogP contribution in [0.2, 0.25) is 0 Å². The maximum atomic E-state index is 13.2. The van der Waals surface area contributed by atoms with Crippen molar-refractivity contribution in [1.29, 1.82) is 0 Å². The highest BCUT2D eigenvalue weighted by atomic mass is 18.2. The first-order chi connectivity index (χ1) is 9.72. The number of aliphatic carboxylic acids is 2. The second-order valence-corrected chi connectivity index (χ2v) is 4.46. The van der Waals surface area contributed by atoms with Crippen LogP contribution in [0.15, 0.2) is 18.2 Å². The molecule has 0 aliphatic rings. The van der Waals surface area contributed by atoms with E-state index in [1.807, 2.05) is 0 Å². The van der Waals surface area contributed by atoms with Crippen molar-refractivity contribution in [2.24, 2.45) is 11.7 Å². The largest absolute Gasteiger partial charge is 0.481 e. The molecule has 0 aromatic heterocycles. The summed E-state index contributed by atoms with van der Waals surface area (Å²) < 4.78 is 13.2. The Morgan fingerprint density at radius 1 is 1.33 bits per heavy atom. The molecule has 0 aliphatic carbocycles. The van der Waals surface area contributed by atoms with E-state index in [9.17, 15) is 24.1 Å². The van der Waals surface area contributed by atoms with Crippen LogP contribution >= 0.6 is 0 Å². The second kappa shape index (κ2) is 6.75. The highest BCUT2D eigenvalue weighted by molar-refractivity contribution is 5.76. The predicted molar refractivity (Wildman–Crippen MR) is 68.1 cm³/mol. The summed E-state index contributed by atoms with van der Waals surface area (Å²) in [5.74, 6) is -4.79. The number of nitro benzene ring substituents is 1. The van der Waals surface area contributed by atoms with Gasteiger partial charge in [0.2, 0.25) is 5.82 Å². The molecule has 9 heteroatoms. The Balaban J connectivity index is 2.94. The molecule has 0 amide bonds. The molecule has 0 heterocycles. The van der Waals surface area contributed by atoms with Gasteiger partial charge in [-0.1, -0.05) is 6.07 Å². The lowest BCUT2D eigenvalue weighted by molar-refractivity contribution is -0.387. The Hall–Kier alpha value is -2.55. The van der Waals surface area contributed by atoms with Crippen LogP contribution in [-0.4, -0.2) is 33.1 Å². The van der Waals surface area contributed by atoms with E-state index < -0.39 is 40.3 Å². The number of benzene rings is 1. The van der Waals surface area contributed by atoms with E-state index in [1.54, 1.807) is 0 Å². The summed E-state index contributed by atoms with van der Waals surface area (Å²) in [4.78, 5) is 31.4. The van der Waals surface area contributed by atoms with Crippen LogP contribution in [0.5, 0.6) is 0 Å². The molecule has 0 aliphatic heterocycles. The number of nitrogens with zero attached hydrogens (tertiary/aromatic N) is 1. The third-order valence-electron chi connectivity index (χ3n) is 2.89. The fourth-order valence-corrected chi connectivity index (χ4v) is 1.79. The molecule has 21 heavy (non-hydrogen) atoms. The van der Waals surface area contributed by atoms with Crippen LogP contribution in [-0.2, 0) is 16.0 Å². The van der Waals surface area contributed by atoms with Crippen molar-refractivity contribution in [3.63, 3.8) is 0 Å². The quantitative estimate of drug-likeness (QED) is 0.498. The molecular weight excluding hydrogens is 286 g/mol. The number of carbonyl (C=O) groups is 2. The van der Waals surface area contributed by atoms with E-state index in [-0.39, 0.29) is 18.4 Å². The van der Waals surface area contributed by atoms with E-state index in [4.69, 9.17) is 15.9 Å². The number of carboxylic acids is 2. The molecule has 0 fully saturated rings.